The lowest BCUT2D eigenvalue weighted by Gasteiger charge is -2.01. The zero-order valence-electron chi connectivity index (χ0n) is 5.89. The van der Waals surface area contributed by atoms with E-state index in [0.29, 0.717) is 5.88 Å². The third-order valence-electron chi connectivity index (χ3n) is 1.44. The van der Waals surface area contributed by atoms with E-state index >= 15 is 0 Å². The predicted octanol–water partition coefficient (Wildman–Crippen LogP) is 2.32. The van der Waals surface area contributed by atoms with Gasteiger partial charge in [-0.3, -0.25) is 0 Å². The van der Waals surface area contributed by atoms with Crippen LogP contribution in [0.4, 0.5) is 5.69 Å². The normalized spacial score (nSPS) is 9.80. The number of nitrogen functional groups attached to an aromatic ring is 1. The SMILES string of the molecule is Cc1ccc(N)c(CCl)c1. The Bertz CT molecular complexity index is 233. The Morgan fingerprint density at radius 3 is 2.70 bits per heavy atom. The molecule has 0 atom stereocenters. The zero-order chi connectivity index (χ0) is 7.56. The molecule has 0 saturated heterocycles. The van der Waals surface area contributed by atoms with Crippen molar-refractivity contribution in [3.8, 4) is 0 Å². The van der Waals surface area contributed by atoms with Crippen LogP contribution in [0, 0.1) is 6.92 Å². The van der Waals surface area contributed by atoms with Gasteiger partial charge >= 0.3 is 0 Å². The molecule has 10 heavy (non-hydrogen) atoms. The molecule has 0 aliphatic carbocycles. The molecule has 0 unspecified atom stereocenters. The number of hydrogen-bond acceptors (Lipinski definition) is 1. The summed E-state index contributed by atoms with van der Waals surface area (Å²) in [5.74, 6) is 0.494. The lowest BCUT2D eigenvalue weighted by Crippen LogP contribution is -1.91. The van der Waals surface area contributed by atoms with Crippen molar-refractivity contribution in [2.24, 2.45) is 0 Å². The summed E-state index contributed by atoms with van der Waals surface area (Å²) in [7, 11) is 0. The van der Waals surface area contributed by atoms with E-state index in [9.17, 15) is 0 Å². The van der Waals surface area contributed by atoms with Crippen molar-refractivity contribution in [2.45, 2.75) is 12.8 Å². The highest BCUT2D eigenvalue weighted by Gasteiger charge is 1.95. The van der Waals surface area contributed by atoms with E-state index in [1.165, 1.54) is 5.56 Å². The number of alkyl halides is 1. The lowest BCUT2D eigenvalue weighted by atomic mass is 10.1. The number of anilines is 1. The predicted molar refractivity (Wildman–Crippen MR) is 45.1 cm³/mol. The van der Waals surface area contributed by atoms with Crippen molar-refractivity contribution in [1.82, 2.24) is 0 Å². The Hall–Kier alpha value is -0.690. The van der Waals surface area contributed by atoms with Crippen molar-refractivity contribution in [3.63, 3.8) is 0 Å². The molecular weight excluding hydrogens is 146 g/mol. The third-order valence-corrected chi connectivity index (χ3v) is 1.73. The smallest absolute Gasteiger partial charge is 0.0494 e. The van der Waals surface area contributed by atoms with Crippen LogP contribution in [0.1, 0.15) is 11.1 Å². The van der Waals surface area contributed by atoms with E-state index in [4.69, 9.17) is 17.3 Å². The molecule has 0 radical (unpaired) electrons. The van der Waals surface area contributed by atoms with Crippen LogP contribution in [-0.2, 0) is 5.88 Å². The van der Waals surface area contributed by atoms with Crippen LogP contribution >= 0.6 is 11.6 Å². The van der Waals surface area contributed by atoms with Crippen molar-refractivity contribution in [3.05, 3.63) is 29.3 Å². The Labute approximate surface area is 65.8 Å². The molecule has 0 fully saturated rings. The van der Waals surface area contributed by atoms with Crippen LogP contribution in [0.25, 0.3) is 0 Å². The minimum Gasteiger partial charge on any atom is -0.398 e. The summed E-state index contributed by atoms with van der Waals surface area (Å²) in [5, 5.41) is 0. The summed E-state index contributed by atoms with van der Waals surface area (Å²) in [5.41, 5.74) is 8.61. The van der Waals surface area contributed by atoms with E-state index in [1.807, 2.05) is 25.1 Å². The van der Waals surface area contributed by atoms with Crippen LogP contribution in [0.15, 0.2) is 18.2 Å². The molecule has 1 aromatic rings. The molecular formula is C8H10ClN. The topological polar surface area (TPSA) is 26.0 Å². The first-order valence-corrected chi connectivity index (χ1v) is 3.68. The molecule has 0 amide bonds. The van der Waals surface area contributed by atoms with Gasteiger partial charge in [-0.05, 0) is 18.6 Å². The highest BCUT2D eigenvalue weighted by Crippen LogP contribution is 2.15. The van der Waals surface area contributed by atoms with E-state index in [-0.39, 0.29) is 0 Å². The fourth-order valence-corrected chi connectivity index (χ4v) is 1.08. The average Bonchev–Trinajstić information content (AvgIpc) is 1.94. The fourth-order valence-electron chi connectivity index (χ4n) is 0.850. The van der Waals surface area contributed by atoms with Crippen LogP contribution < -0.4 is 5.73 Å². The van der Waals surface area contributed by atoms with Gasteiger partial charge in [0, 0.05) is 11.6 Å². The van der Waals surface area contributed by atoms with Crippen molar-refractivity contribution in [1.29, 1.82) is 0 Å². The molecule has 1 rings (SSSR count). The molecule has 0 aromatic heterocycles. The molecule has 2 heteroatoms. The second-order valence-electron chi connectivity index (χ2n) is 2.34. The van der Waals surface area contributed by atoms with E-state index in [0.717, 1.165) is 11.3 Å². The molecule has 1 aromatic carbocycles. The van der Waals surface area contributed by atoms with E-state index in [1.54, 1.807) is 0 Å². The van der Waals surface area contributed by atoms with E-state index < -0.39 is 0 Å². The number of halogens is 1. The van der Waals surface area contributed by atoms with Gasteiger partial charge in [0.2, 0.25) is 0 Å². The standard InChI is InChI=1S/C8H10ClN/c1-6-2-3-8(10)7(4-6)5-9/h2-4H,5,10H2,1H3. The Morgan fingerprint density at radius 1 is 1.50 bits per heavy atom. The second-order valence-corrected chi connectivity index (χ2v) is 2.60. The van der Waals surface area contributed by atoms with Crippen molar-refractivity contribution in [2.75, 3.05) is 5.73 Å². The molecule has 2 N–H and O–H groups in total. The Balaban J connectivity index is 3.09. The summed E-state index contributed by atoms with van der Waals surface area (Å²) < 4.78 is 0. The monoisotopic (exact) mass is 155 g/mol. The maximum Gasteiger partial charge on any atom is 0.0494 e. The average molecular weight is 156 g/mol. The lowest BCUT2D eigenvalue weighted by molar-refractivity contribution is 1.35. The second kappa shape index (κ2) is 2.93. The van der Waals surface area contributed by atoms with Crippen LogP contribution in [0.2, 0.25) is 0 Å². The van der Waals surface area contributed by atoms with Crippen LogP contribution in [-0.4, -0.2) is 0 Å². The van der Waals surface area contributed by atoms with Gasteiger partial charge in [-0.1, -0.05) is 17.7 Å². The van der Waals surface area contributed by atoms with Crippen LogP contribution in [0.5, 0.6) is 0 Å². The number of hydrogen-bond donors (Lipinski definition) is 1. The minimum atomic E-state index is 0.494. The number of rotatable bonds is 1. The molecule has 1 nitrogen and oxygen atoms in total. The molecule has 0 aliphatic heterocycles. The van der Waals surface area contributed by atoms with Gasteiger partial charge in [-0.15, -0.1) is 11.6 Å². The summed E-state index contributed by atoms with van der Waals surface area (Å²) in [6.45, 7) is 2.02. The highest BCUT2D eigenvalue weighted by atomic mass is 35.5. The maximum atomic E-state index is 5.62. The van der Waals surface area contributed by atoms with Crippen molar-refractivity contribution < 1.29 is 0 Å². The summed E-state index contributed by atoms with van der Waals surface area (Å²) in [6, 6.07) is 5.86. The van der Waals surface area contributed by atoms with Gasteiger partial charge in [0.15, 0.2) is 0 Å². The highest BCUT2D eigenvalue weighted by molar-refractivity contribution is 6.17. The molecule has 54 valence electrons. The largest absolute Gasteiger partial charge is 0.398 e. The molecule has 0 aliphatic rings. The van der Waals surface area contributed by atoms with Crippen molar-refractivity contribution >= 4 is 17.3 Å². The number of benzene rings is 1. The first kappa shape index (κ1) is 7.42. The number of aryl methyl sites for hydroxylation is 1. The van der Waals surface area contributed by atoms with Crippen LogP contribution in [0.3, 0.4) is 0 Å². The summed E-state index contributed by atoms with van der Waals surface area (Å²) in [6.07, 6.45) is 0. The molecule has 0 heterocycles. The Kier molecular flexibility index (Phi) is 2.17. The minimum absolute atomic E-state index is 0.494. The molecule has 0 spiro atoms. The fraction of sp³-hybridized carbons (Fsp3) is 0.250. The third kappa shape index (κ3) is 1.42. The molecule has 0 saturated carbocycles. The van der Waals surface area contributed by atoms with Gasteiger partial charge in [0.05, 0.1) is 0 Å². The summed E-state index contributed by atoms with van der Waals surface area (Å²) in [4.78, 5) is 0. The maximum absolute atomic E-state index is 5.62. The van der Waals surface area contributed by atoms with Gasteiger partial charge in [-0.25, -0.2) is 0 Å². The van der Waals surface area contributed by atoms with Gasteiger partial charge in [0.25, 0.3) is 0 Å². The first-order valence-electron chi connectivity index (χ1n) is 3.15. The Morgan fingerprint density at radius 2 is 2.20 bits per heavy atom. The zero-order valence-corrected chi connectivity index (χ0v) is 6.65. The van der Waals surface area contributed by atoms with Gasteiger partial charge in [-0.2, -0.15) is 0 Å². The van der Waals surface area contributed by atoms with E-state index in [2.05, 4.69) is 0 Å². The first-order chi connectivity index (χ1) is 4.74. The number of nitrogens with two attached hydrogens (primary N) is 1. The molecule has 0 bridgehead atoms. The summed E-state index contributed by atoms with van der Waals surface area (Å²) >= 11 is 5.62. The van der Waals surface area contributed by atoms with Gasteiger partial charge in [0.1, 0.15) is 0 Å². The van der Waals surface area contributed by atoms with Gasteiger partial charge < -0.3 is 5.73 Å². The quantitative estimate of drug-likeness (QED) is 0.489.